The van der Waals surface area contributed by atoms with Gasteiger partial charge in [0.2, 0.25) is 10.0 Å². The van der Waals surface area contributed by atoms with Crippen molar-refractivity contribution in [1.82, 2.24) is 9.21 Å². The highest BCUT2D eigenvalue weighted by atomic mass is 32.2. The standard InChI is InChI=1S/C21H26N2O5S/c1-3-27-18-6-8-19(9-7-18)28-16-21(24)22-12-14-23(15-13-22)29(25,26)20-10-4-17(2)5-11-20/h4-11H,3,12-16H2,1-2H3. The molecular formula is C21H26N2O5S. The average molecular weight is 419 g/mol. The Labute approximate surface area is 171 Å². The first-order valence-corrected chi connectivity index (χ1v) is 11.0. The van der Waals surface area contributed by atoms with Gasteiger partial charge in [-0.25, -0.2) is 8.42 Å². The number of amides is 1. The third-order valence-corrected chi connectivity index (χ3v) is 6.66. The number of carbonyl (C=O) groups is 1. The Kier molecular flexibility index (Phi) is 6.76. The van der Waals surface area contributed by atoms with Gasteiger partial charge in [0.25, 0.3) is 5.91 Å². The topological polar surface area (TPSA) is 76.2 Å². The van der Waals surface area contributed by atoms with Crippen molar-refractivity contribution in [3.05, 3.63) is 54.1 Å². The molecule has 0 bridgehead atoms. The summed E-state index contributed by atoms with van der Waals surface area (Å²) in [7, 11) is -3.54. The summed E-state index contributed by atoms with van der Waals surface area (Å²) in [5.41, 5.74) is 1.01. The van der Waals surface area contributed by atoms with Crippen molar-refractivity contribution in [2.45, 2.75) is 18.7 Å². The van der Waals surface area contributed by atoms with E-state index >= 15 is 0 Å². The third kappa shape index (κ3) is 5.27. The zero-order valence-electron chi connectivity index (χ0n) is 16.7. The average Bonchev–Trinajstić information content (AvgIpc) is 2.73. The van der Waals surface area contributed by atoms with Crippen LogP contribution < -0.4 is 9.47 Å². The highest BCUT2D eigenvalue weighted by Crippen LogP contribution is 2.19. The van der Waals surface area contributed by atoms with Crippen LogP contribution in [0.1, 0.15) is 12.5 Å². The molecule has 1 aliphatic heterocycles. The van der Waals surface area contributed by atoms with Gasteiger partial charge in [0.05, 0.1) is 11.5 Å². The van der Waals surface area contributed by atoms with Crippen LogP contribution in [0.15, 0.2) is 53.4 Å². The molecule has 0 radical (unpaired) electrons. The van der Waals surface area contributed by atoms with E-state index in [1.54, 1.807) is 53.4 Å². The van der Waals surface area contributed by atoms with Gasteiger partial charge in [0.1, 0.15) is 11.5 Å². The van der Waals surface area contributed by atoms with E-state index in [0.29, 0.717) is 25.4 Å². The van der Waals surface area contributed by atoms with E-state index in [4.69, 9.17) is 9.47 Å². The van der Waals surface area contributed by atoms with E-state index in [1.165, 1.54) is 4.31 Å². The highest BCUT2D eigenvalue weighted by molar-refractivity contribution is 7.89. The molecule has 0 atom stereocenters. The summed E-state index contributed by atoms with van der Waals surface area (Å²) in [4.78, 5) is 14.3. The normalized spacial score (nSPS) is 15.2. The van der Waals surface area contributed by atoms with Crippen LogP contribution in [0.2, 0.25) is 0 Å². The lowest BCUT2D eigenvalue weighted by Gasteiger charge is -2.34. The molecule has 0 saturated carbocycles. The molecule has 0 N–H and O–H groups in total. The lowest BCUT2D eigenvalue weighted by Crippen LogP contribution is -2.51. The van der Waals surface area contributed by atoms with Gasteiger partial charge in [-0.3, -0.25) is 4.79 Å². The number of sulfonamides is 1. The number of aryl methyl sites for hydroxylation is 1. The van der Waals surface area contributed by atoms with Gasteiger partial charge in [-0.2, -0.15) is 4.31 Å². The number of piperazine rings is 1. The number of ether oxygens (including phenoxy) is 2. The van der Waals surface area contributed by atoms with Crippen molar-refractivity contribution in [1.29, 1.82) is 0 Å². The van der Waals surface area contributed by atoms with Crippen molar-refractivity contribution >= 4 is 15.9 Å². The van der Waals surface area contributed by atoms with Crippen LogP contribution in [-0.4, -0.2) is 62.9 Å². The smallest absolute Gasteiger partial charge is 0.260 e. The second-order valence-electron chi connectivity index (χ2n) is 6.79. The molecule has 0 spiro atoms. The maximum Gasteiger partial charge on any atom is 0.260 e. The number of rotatable bonds is 7. The fraction of sp³-hybridized carbons (Fsp3) is 0.381. The minimum atomic E-state index is -3.54. The molecule has 0 aliphatic carbocycles. The number of carbonyl (C=O) groups excluding carboxylic acids is 1. The molecule has 0 unspecified atom stereocenters. The van der Waals surface area contributed by atoms with Crippen LogP contribution in [0.3, 0.4) is 0 Å². The van der Waals surface area contributed by atoms with Gasteiger partial charge in [0, 0.05) is 26.2 Å². The summed E-state index contributed by atoms with van der Waals surface area (Å²) in [5, 5.41) is 0. The molecule has 1 heterocycles. The second-order valence-corrected chi connectivity index (χ2v) is 8.73. The molecular weight excluding hydrogens is 392 g/mol. The molecule has 2 aromatic carbocycles. The Bertz CT molecular complexity index is 919. The maximum absolute atomic E-state index is 12.7. The van der Waals surface area contributed by atoms with Gasteiger partial charge in [-0.15, -0.1) is 0 Å². The predicted octanol–water partition coefficient (Wildman–Crippen LogP) is 2.31. The number of hydrogen-bond donors (Lipinski definition) is 0. The lowest BCUT2D eigenvalue weighted by molar-refractivity contribution is -0.134. The summed E-state index contributed by atoms with van der Waals surface area (Å²) in [5.74, 6) is 1.17. The minimum Gasteiger partial charge on any atom is -0.494 e. The van der Waals surface area contributed by atoms with Crippen molar-refractivity contribution in [2.24, 2.45) is 0 Å². The van der Waals surface area contributed by atoms with Crippen molar-refractivity contribution in [3.8, 4) is 11.5 Å². The van der Waals surface area contributed by atoms with Crippen LogP contribution in [0.25, 0.3) is 0 Å². The fourth-order valence-corrected chi connectivity index (χ4v) is 4.49. The summed E-state index contributed by atoms with van der Waals surface area (Å²) in [6, 6.07) is 13.9. The summed E-state index contributed by atoms with van der Waals surface area (Å²) in [6.07, 6.45) is 0. The van der Waals surface area contributed by atoms with Crippen LogP contribution in [0.4, 0.5) is 0 Å². The number of hydrogen-bond acceptors (Lipinski definition) is 5. The Morgan fingerprint density at radius 3 is 2.00 bits per heavy atom. The van der Waals surface area contributed by atoms with Crippen LogP contribution in [0.5, 0.6) is 11.5 Å². The molecule has 1 amide bonds. The Hall–Kier alpha value is -2.58. The quantitative estimate of drug-likeness (QED) is 0.690. The summed E-state index contributed by atoms with van der Waals surface area (Å²) < 4.78 is 37.8. The number of nitrogens with zero attached hydrogens (tertiary/aromatic N) is 2. The maximum atomic E-state index is 12.7. The zero-order chi connectivity index (χ0) is 20.9. The van der Waals surface area contributed by atoms with Crippen molar-refractivity contribution in [2.75, 3.05) is 39.4 Å². The Morgan fingerprint density at radius 1 is 0.897 bits per heavy atom. The van der Waals surface area contributed by atoms with E-state index < -0.39 is 10.0 Å². The van der Waals surface area contributed by atoms with Gasteiger partial charge >= 0.3 is 0 Å². The van der Waals surface area contributed by atoms with Gasteiger partial charge in [-0.05, 0) is 50.2 Å². The highest BCUT2D eigenvalue weighted by Gasteiger charge is 2.30. The van der Waals surface area contributed by atoms with Gasteiger partial charge in [-0.1, -0.05) is 17.7 Å². The van der Waals surface area contributed by atoms with E-state index in [9.17, 15) is 13.2 Å². The minimum absolute atomic E-state index is 0.0846. The molecule has 29 heavy (non-hydrogen) atoms. The van der Waals surface area contributed by atoms with E-state index in [-0.39, 0.29) is 30.5 Å². The monoisotopic (exact) mass is 418 g/mol. The first-order chi connectivity index (χ1) is 13.9. The van der Waals surface area contributed by atoms with Gasteiger partial charge in [0.15, 0.2) is 6.61 Å². The first kappa shape index (κ1) is 21.1. The third-order valence-electron chi connectivity index (χ3n) is 4.75. The SMILES string of the molecule is CCOc1ccc(OCC(=O)N2CCN(S(=O)(=O)c3ccc(C)cc3)CC2)cc1. The molecule has 1 saturated heterocycles. The number of benzene rings is 2. The Morgan fingerprint density at radius 2 is 1.45 bits per heavy atom. The lowest BCUT2D eigenvalue weighted by atomic mass is 10.2. The zero-order valence-corrected chi connectivity index (χ0v) is 17.5. The molecule has 156 valence electrons. The van der Waals surface area contributed by atoms with Crippen LogP contribution >= 0.6 is 0 Å². The second kappa shape index (κ2) is 9.28. The van der Waals surface area contributed by atoms with E-state index in [2.05, 4.69) is 0 Å². The van der Waals surface area contributed by atoms with Gasteiger partial charge < -0.3 is 14.4 Å². The molecule has 8 heteroatoms. The molecule has 3 rings (SSSR count). The molecule has 1 fully saturated rings. The first-order valence-electron chi connectivity index (χ1n) is 9.60. The molecule has 0 aromatic heterocycles. The largest absolute Gasteiger partial charge is 0.494 e. The van der Waals surface area contributed by atoms with E-state index in [1.807, 2.05) is 13.8 Å². The summed E-state index contributed by atoms with van der Waals surface area (Å²) >= 11 is 0. The van der Waals surface area contributed by atoms with Crippen LogP contribution in [0, 0.1) is 6.92 Å². The molecule has 2 aromatic rings. The predicted molar refractivity (Wildman–Crippen MR) is 110 cm³/mol. The molecule has 1 aliphatic rings. The summed E-state index contributed by atoms with van der Waals surface area (Å²) in [6.45, 7) is 5.55. The fourth-order valence-electron chi connectivity index (χ4n) is 3.07. The van der Waals surface area contributed by atoms with Crippen LogP contribution in [-0.2, 0) is 14.8 Å². The Balaban J connectivity index is 1.50. The van der Waals surface area contributed by atoms with Crippen molar-refractivity contribution in [3.63, 3.8) is 0 Å². The van der Waals surface area contributed by atoms with Crippen molar-refractivity contribution < 1.29 is 22.7 Å². The van der Waals surface area contributed by atoms with E-state index in [0.717, 1.165) is 11.3 Å². The molecule has 7 nitrogen and oxygen atoms in total.